The highest BCUT2D eigenvalue weighted by atomic mass is 15.2. The van der Waals surface area contributed by atoms with Gasteiger partial charge in [-0.1, -0.05) is 13.8 Å². The van der Waals surface area contributed by atoms with E-state index in [1.54, 1.807) is 0 Å². The molecular formula is C15H26N4. The van der Waals surface area contributed by atoms with Crippen LogP contribution in [0.25, 0.3) is 0 Å². The van der Waals surface area contributed by atoms with Crippen LogP contribution in [-0.2, 0) is 0 Å². The second-order valence-electron chi connectivity index (χ2n) is 5.57. The van der Waals surface area contributed by atoms with Crippen molar-refractivity contribution in [3.8, 4) is 0 Å². The highest BCUT2D eigenvalue weighted by Crippen LogP contribution is 2.38. The van der Waals surface area contributed by atoms with Crippen molar-refractivity contribution in [2.45, 2.75) is 47.0 Å². The molecule has 0 amide bonds. The van der Waals surface area contributed by atoms with Crippen molar-refractivity contribution in [2.75, 3.05) is 29.9 Å². The molecule has 1 aliphatic heterocycles. The van der Waals surface area contributed by atoms with E-state index in [9.17, 15) is 0 Å². The molecule has 1 saturated heterocycles. The molecule has 0 spiro atoms. The van der Waals surface area contributed by atoms with Gasteiger partial charge in [0.25, 0.3) is 0 Å². The summed E-state index contributed by atoms with van der Waals surface area (Å²) in [5.41, 5.74) is 0.483. The van der Waals surface area contributed by atoms with Crippen molar-refractivity contribution in [2.24, 2.45) is 5.41 Å². The highest BCUT2D eigenvalue weighted by molar-refractivity contribution is 5.50. The molecule has 4 heteroatoms. The summed E-state index contributed by atoms with van der Waals surface area (Å²) in [6.45, 7) is 11.8. The lowest BCUT2D eigenvalue weighted by atomic mass is 9.82. The summed E-state index contributed by atoms with van der Waals surface area (Å²) in [4.78, 5) is 11.4. The molecule has 0 unspecified atom stereocenters. The van der Waals surface area contributed by atoms with Crippen LogP contribution in [0, 0.1) is 12.3 Å². The van der Waals surface area contributed by atoms with Crippen molar-refractivity contribution in [3.05, 3.63) is 11.9 Å². The highest BCUT2D eigenvalue weighted by Gasteiger charge is 2.35. The zero-order valence-electron chi connectivity index (χ0n) is 12.7. The molecule has 0 bridgehead atoms. The minimum Gasteiger partial charge on any atom is -0.370 e. The fourth-order valence-electron chi connectivity index (χ4n) is 2.94. The zero-order valence-corrected chi connectivity index (χ0v) is 12.7. The van der Waals surface area contributed by atoms with Crippen LogP contribution in [0.5, 0.6) is 0 Å². The molecule has 0 aliphatic carbocycles. The number of hydrogen-bond acceptors (Lipinski definition) is 4. The molecule has 1 fully saturated rings. The molecule has 0 atom stereocenters. The molecule has 0 aromatic carbocycles. The first-order chi connectivity index (χ1) is 9.12. The van der Waals surface area contributed by atoms with Gasteiger partial charge in [0, 0.05) is 25.7 Å². The quantitative estimate of drug-likeness (QED) is 0.884. The van der Waals surface area contributed by atoms with E-state index in [0.29, 0.717) is 5.41 Å². The van der Waals surface area contributed by atoms with E-state index in [0.717, 1.165) is 37.1 Å². The molecule has 4 nitrogen and oxygen atoms in total. The first-order valence-electron chi connectivity index (χ1n) is 7.47. The third-order valence-electron chi connectivity index (χ3n) is 4.44. The van der Waals surface area contributed by atoms with Crippen molar-refractivity contribution in [1.29, 1.82) is 0 Å². The molecule has 0 radical (unpaired) electrons. The Bertz CT molecular complexity index is 426. The number of aryl methyl sites for hydroxylation is 1. The Balaban J connectivity index is 2.19. The van der Waals surface area contributed by atoms with Gasteiger partial charge >= 0.3 is 0 Å². The van der Waals surface area contributed by atoms with E-state index in [1.165, 1.54) is 19.3 Å². The van der Waals surface area contributed by atoms with Gasteiger partial charge in [-0.05, 0) is 38.5 Å². The van der Waals surface area contributed by atoms with Gasteiger partial charge < -0.3 is 10.2 Å². The van der Waals surface area contributed by atoms with Gasteiger partial charge in [0.15, 0.2) is 0 Å². The summed E-state index contributed by atoms with van der Waals surface area (Å²) < 4.78 is 0. The fraction of sp³-hybridized carbons (Fsp3) is 0.733. The number of aromatic nitrogens is 2. The molecule has 0 saturated carbocycles. The summed E-state index contributed by atoms with van der Waals surface area (Å²) in [5, 5.41) is 3.28. The summed E-state index contributed by atoms with van der Waals surface area (Å²) in [5.74, 6) is 2.86. The second kappa shape index (κ2) is 5.76. The largest absolute Gasteiger partial charge is 0.370 e. The molecule has 1 aromatic heterocycles. The Kier molecular flexibility index (Phi) is 4.27. The minimum absolute atomic E-state index is 0.483. The molecule has 2 rings (SSSR count). The third kappa shape index (κ3) is 2.99. The summed E-state index contributed by atoms with van der Waals surface area (Å²) in [6.07, 6.45) is 3.79. The Morgan fingerprint density at radius 1 is 1.26 bits per heavy atom. The maximum Gasteiger partial charge on any atom is 0.134 e. The van der Waals surface area contributed by atoms with Crippen molar-refractivity contribution < 1.29 is 0 Å². The van der Waals surface area contributed by atoms with Gasteiger partial charge in [-0.15, -0.1) is 0 Å². The lowest BCUT2D eigenvalue weighted by molar-refractivity contribution is 0.301. The molecule has 1 aliphatic rings. The van der Waals surface area contributed by atoms with E-state index in [2.05, 4.69) is 47.0 Å². The average molecular weight is 262 g/mol. The van der Waals surface area contributed by atoms with Crippen LogP contribution in [0.15, 0.2) is 6.07 Å². The van der Waals surface area contributed by atoms with E-state index in [-0.39, 0.29) is 0 Å². The summed E-state index contributed by atoms with van der Waals surface area (Å²) in [6, 6.07) is 2.08. The topological polar surface area (TPSA) is 41.0 Å². The standard InChI is InChI=1S/C15H26N4/c1-5-15(6-2)8-9-19(11-15)14-10-13(16-7-3)17-12(4)18-14/h10H,5-9,11H2,1-4H3,(H,16,17,18). The SMILES string of the molecule is CCNc1cc(N2CCC(CC)(CC)C2)nc(C)n1. The second-order valence-corrected chi connectivity index (χ2v) is 5.57. The van der Waals surface area contributed by atoms with Gasteiger partial charge in [0.2, 0.25) is 0 Å². The lowest BCUT2D eigenvalue weighted by Gasteiger charge is -2.27. The monoisotopic (exact) mass is 262 g/mol. The van der Waals surface area contributed by atoms with Crippen LogP contribution >= 0.6 is 0 Å². The minimum atomic E-state index is 0.483. The van der Waals surface area contributed by atoms with Crippen LogP contribution in [-0.4, -0.2) is 29.6 Å². The normalized spacial score (nSPS) is 17.8. The number of rotatable bonds is 5. The van der Waals surface area contributed by atoms with E-state index in [4.69, 9.17) is 0 Å². The number of nitrogens with one attached hydrogen (secondary N) is 1. The lowest BCUT2D eigenvalue weighted by Crippen LogP contribution is -2.27. The Labute approximate surface area is 116 Å². The first kappa shape index (κ1) is 14.1. The molecule has 2 heterocycles. The van der Waals surface area contributed by atoms with E-state index in [1.807, 2.05) is 6.92 Å². The van der Waals surface area contributed by atoms with Gasteiger partial charge in [0.05, 0.1) is 0 Å². The Hall–Kier alpha value is -1.32. The van der Waals surface area contributed by atoms with Crippen molar-refractivity contribution in [1.82, 2.24) is 9.97 Å². The zero-order chi connectivity index (χ0) is 13.9. The smallest absolute Gasteiger partial charge is 0.134 e. The summed E-state index contributed by atoms with van der Waals surface area (Å²) >= 11 is 0. The third-order valence-corrected chi connectivity index (χ3v) is 4.44. The first-order valence-corrected chi connectivity index (χ1v) is 7.47. The van der Waals surface area contributed by atoms with Gasteiger partial charge in [-0.2, -0.15) is 0 Å². The molecule has 106 valence electrons. The van der Waals surface area contributed by atoms with Gasteiger partial charge in [-0.25, -0.2) is 9.97 Å². The Morgan fingerprint density at radius 3 is 2.58 bits per heavy atom. The van der Waals surface area contributed by atoms with Gasteiger partial charge in [0.1, 0.15) is 17.5 Å². The van der Waals surface area contributed by atoms with Crippen molar-refractivity contribution in [3.63, 3.8) is 0 Å². The molecule has 19 heavy (non-hydrogen) atoms. The van der Waals surface area contributed by atoms with Crippen LogP contribution in [0.4, 0.5) is 11.6 Å². The van der Waals surface area contributed by atoms with Crippen LogP contribution in [0.1, 0.15) is 45.9 Å². The van der Waals surface area contributed by atoms with Crippen molar-refractivity contribution >= 4 is 11.6 Å². The number of anilines is 2. The van der Waals surface area contributed by atoms with Crippen LogP contribution in [0.2, 0.25) is 0 Å². The summed E-state index contributed by atoms with van der Waals surface area (Å²) in [7, 11) is 0. The number of hydrogen-bond donors (Lipinski definition) is 1. The van der Waals surface area contributed by atoms with Crippen LogP contribution < -0.4 is 10.2 Å². The van der Waals surface area contributed by atoms with E-state index >= 15 is 0 Å². The predicted octanol–water partition coefficient (Wildman–Crippen LogP) is 3.23. The van der Waals surface area contributed by atoms with E-state index < -0.39 is 0 Å². The van der Waals surface area contributed by atoms with Crippen LogP contribution in [0.3, 0.4) is 0 Å². The Morgan fingerprint density at radius 2 is 2.00 bits per heavy atom. The van der Waals surface area contributed by atoms with Gasteiger partial charge in [-0.3, -0.25) is 0 Å². The molecule has 1 aromatic rings. The molecular weight excluding hydrogens is 236 g/mol. The average Bonchev–Trinajstić information content (AvgIpc) is 2.84. The maximum atomic E-state index is 4.61. The fourth-order valence-corrected chi connectivity index (χ4v) is 2.94. The predicted molar refractivity (Wildman–Crippen MR) is 80.8 cm³/mol. The molecule has 1 N–H and O–H groups in total. The maximum absolute atomic E-state index is 4.61. The number of nitrogens with zero attached hydrogens (tertiary/aromatic N) is 3.